The van der Waals surface area contributed by atoms with Crippen LogP contribution in [0.5, 0.6) is 0 Å². The molecule has 6 heteroatoms. The number of hydrogen-bond acceptors (Lipinski definition) is 3. The molecule has 1 aliphatic heterocycles. The minimum absolute atomic E-state index is 0.0906. The Morgan fingerprint density at radius 2 is 1.92 bits per heavy atom. The lowest BCUT2D eigenvalue weighted by molar-refractivity contribution is 0.0939. The van der Waals surface area contributed by atoms with Gasteiger partial charge in [-0.05, 0) is 44.4 Å². The molecule has 1 fully saturated rings. The summed E-state index contributed by atoms with van der Waals surface area (Å²) in [6.07, 6.45) is 3.17. The molecule has 132 valence electrons. The van der Waals surface area contributed by atoms with Crippen LogP contribution in [0, 0.1) is 0 Å². The van der Waals surface area contributed by atoms with E-state index in [9.17, 15) is 9.59 Å². The van der Waals surface area contributed by atoms with E-state index in [2.05, 4.69) is 15.5 Å². The summed E-state index contributed by atoms with van der Waals surface area (Å²) in [5.74, 6) is -0.0906. The van der Waals surface area contributed by atoms with Crippen LogP contribution >= 0.6 is 0 Å². The predicted molar refractivity (Wildman–Crippen MR) is 97.8 cm³/mol. The van der Waals surface area contributed by atoms with Crippen LogP contribution in [0.2, 0.25) is 0 Å². The number of nitrogens with zero attached hydrogens (tertiary/aromatic N) is 2. The van der Waals surface area contributed by atoms with Crippen molar-refractivity contribution >= 4 is 23.3 Å². The van der Waals surface area contributed by atoms with E-state index in [1.54, 1.807) is 20.2 Å². The third-order valence-corrected chi connectivity index (χ3v) is 4.34. The summed E-state index contributed by atoms with van der Waals surface area (Å²) in [6, 6.07) is 5.46. The zero-order valence-corrected chi connectivity index (χ0v) is 15.1. The van der Waals surface area contributed by atoms with Crippen molar-refractivity contribution in [2.24, 2.45) is 0 Å². The summed E-state index contributed by atoms with van der Waals surface area (Å²) in [4.78, 5) is 28.3. The Balaban J connectivity index is 2.30. The monoisotopic (exact) mass is 332 g/mol. The molecular formula is C18H28N4O2. The zero-order valence-electron chi connectivity index (χ0n) is 15.1. The fourth-order valence-electron chi connectivity index (χ4n) is 2.67. The van der Waals surface area contributed by atoms with Gasteiger partial charge in [0.05, 0.1) is 5.56 Å². The topological polar surface area (TPSA) is 64.7 Å². The average molecular weight is 332 g/mol. The Morgan fingerprint density at radius 3 is 2.50 bits per heavy atom. The van der Waals surface area contributed by atoms with E-state index in [0.29, 0.717) is 11.3 Å². The fraction of sp³-hybridized carbons (Fsp3) is 0.556. The summed E-state index contributed by atoms with van der Waals surface area (Å²) < 4.78 is 0. The van der Waals surface area contributed by atoms with E-state index < -0.39 is 0 Å². The second kappa shape index (κ2) is 8.04. The number of carbonyl (C=O) groups is 2. The van der Waals surface area contributed by atoms with Crippen LogP contribution in [0.3, 0.4) is 0 Å². The Labute approximate surface area is 144 Å². The van der Waals surface area contributed by atoms with Gasteiger partial charge in [0.2, 0.25) is 0 Å². The molecule has 24 heavy (non-hydrogen) atoms. The Morgan fingerprint density at radius 1 is 1.25 bits per heavy atom. The molecule has 1 aromatic rings. The molecule has 6 nitrogen and oxygen atoms in total. The molecule has 3 amide bonds. The molecule has 2 N–H and O–H groups in total. The van der Waals surface area contributed by atoms with Crippen LogP contribution in [0.25, 0.3) is 0 Å². The predicted octanol–water partition coefficient (Wildman–Crippen LogP) is 2.91. The van der Waals surface area contributed by atoms with Crippen molar-refractivity contribution in [3.05, 3.63) is 23.8 Å². The van der Waals surface area contributed by atoms with Gasteiger partial charge in [0.1, 0.15) is 0 Å². The van der Waals surface area contributed by atoms with E-state index >= 15 is 0 Å². The highest BCUT2D eigenvalue weighted by molar-refractivity contribution is 6.02. The maximum Gasteiger partial charge on any atom is 0.321 e. The van der Waals surface area contributed by atoms with Crippen molar-refractivity contribution in [3.8, 4) is 0 Å². The first-order chi connectivity index (χ1) is 11.4. The van der Waals surface area contributed by atoms with E-state index in [4.69, 9.17) is 0 Å². The fourth-order valence-corrected chi connectivity index (χ4v) is 2.67. The van der Waals surface area contributed by atoms with Crippen molar-refractivity contribution in [1.82, 2.24) is 10.2 Å². The van der Waals surface area contributed by atoms with Gasteiger partial charge in [-0.2, -0.15) is 0 Å². The van der Waals surface area contributed by atoms with Gasteiger partial charge in [-0.15, -0.1) is 0 Å². The highest BCUT2D eigenvalue weighted by atomic mass is 16.2. The number of rotatable bonds is 5. The molecule has 1 heterocycles. The Kier molecular flexibility index (Phi) is 6.06. The lowest BCUT2D eigenvalue weighted by atomic mass is 10.1. The Bertz CT molecular complexity index is 595. The number of urea groups is 1. The normalized spacial score (nSPS) is 15.1. The molecule has 0 aliphatic carbocycles. The van der Waals surface area contributed by atoms with Gasteiger partial charge in [0, 0.05) is 44.6 Å². The summed E-state index contributed by atoms with van der Waals surface area (Å²) in [5.41, 5.74) is 2.19. The lowest BCUT2D eigenvalue weighted by Crippen LogP contribution is -2.34. The van der Waals surface area contributed by atoms with Crippen LogP contribution in [0.1, 0.15) is 43.5 Å². The van der Waals surface area contributed by atoms with Gasteiger partial charge in [-0.25, -0.2) is 4.79 Å². The lowest BCUT2D eigenvalue weighted by Gasteiger charge is -2.23. The molecule has 1 aromatic carbocycles. The summed E-state index contributed by atoms with van der Waals surface area (Å²) in [5, 5.41) is 5.83. The summed E-state index contributed by atoms with van der Waals surface area (Å²) >= 11 is 0. The van der Waals surface area contributed by atoms with E-state index in [1.165, 1.54) is 4.90 Å². The van der Waals surface area contributed by atoms with Gasteiger partial charge in [0.15, 0.2) is 0 Å². The third-order valence-electron chi connectivity index (χ3n) is 4.34. The molecule has 0 spiro atoms. The number of nitrogens with one attached hydrogen (secondary N) is 2. The summed E-state index contributed by atoms with van der Waals surface area (Å²) in [7, 11) is 3.37. The van der Waals surface area contributed by atoms with Gasteiger partial charge >= 0.3 is 6.03 Å². The Hall–Kier alpha value is -2.24. The number of benzene rings is 1. The third kappa shape index (κ3) is 4.40. The number of hydrogen-bond donors (Lipinski definition) is 2. The van der Waals surface area contributed by atoms with Gasteiger partial charge in [-0.1, -0.05) is 6.92 Å². The van der Waals surface area contributed by atoms with Crippen LogP contribution in [-0.2, 0) is 0 Å². The second-order valence-electron chi connectivity index (χ2n) is 6.53. The molecular weight excluding hydrogens is 304 g/mol. The number of amides is 3. The van der Waals surface area contributed by atoms with Crippen molar-refractivity contribution in [1.29, 1.82) is 0 Å². The van der Waals surface area contributed by atoms with Crippen molar-refractivity contribution in [2.75, 3.05) is 37.4 Å². The molecule has 1 aliphatic rings. The quantitative estimate of drug-likeness (QED) is 0.871. The number of anilines is 2. The second-order valence-corrected chi connectivity index (χ2v) is 6.53. The van der Waals surface area contributed by atoms with E-state index in [-0.39, 0.29) is 18.0 Å². The first-order valence-electron chi connectivity index (χ1n) is 8.60. The minimum atomic E-state index is -0.211. The summed E-state index contributed by atoms with van der Waals surface area (Å²) in [6.45, 7) is 5.96. The van der Waals surface area contributed by atoms with Gasteiger partial charge < -0.3 is 20.4 Å². The maximum absolute atomic E-state index is 12.7. The molecule has 2 rings (SSSR count). The van der Waals surface area contributed by atoms with Crippen LogP contribution < -0.4 is 15.5 Å². The van der Waals surface area contributed by atoms with Crippen molar-refractivity contribution < 1.29 is 9.59 Å². The highest BCUT2D eigenvalue weighted by Gasteiger charge is 2.21. The molecule has 0 radical (unpaired) electrons. The zero-order chi connectivity index (χ0) is 17.7. The number of carbonyl (C=O) groups excluding carboxylic acids is 2. The first-order valence-corrected chi connectivity index (χ1v) is 8.60. The van der Waals surface area contributed by atoms with E-state index in [1.807, 2.05) is 26.0 Å². The van der Waals surface area contributed by atoms with Gasteiger partial charge in [0.25, 0.3) is 5.91 Å². The highest BCUT2D eigenvalue weighted by Crippen LogP contribution is 2.27. The smallest absolute Gasteiger partial charge is 0.321 e. The SMILES string of the molecule is CC[C@@H](C)NC(=O)c1cc(NC(=O)N(C)C)ccc1N1CCCC1. The molecule has 1 saturated heterocycles. The largest absolute Gasteiger partial charge is 0.371 e. The molecule has 0 bridgehead atoms. The molecule has 1 atom stereocenters. The van der Waals surface area contributed by atoms with Gasteiger partial charge in [-0.3, -0.25) is 4.79 Å². The average Bonchev–Trinajstić information content (AvgIpc) is 3.08. The van der Waals surface area contributed by atoms with Crippen molar-refractivity contribution in [2.45, 2.75) is 39.2 Å². The molecule has 0 aromatic heterocycles. The molecule has 0 saturated carbocycles. The maximum atomic E-state index is 12.7. The van der Waals surface area contributed by atoms with Crippen molar-refractivity contribution in [3.63, 3.8) is 0 Å². The molecule has 0 unspecified atom stereocenters. The minimum Gasteiger partial charge on any atom is -0.371 e. The standard InChI is InChI=1S/C18H28N4O2/c1-5-13(2)19-17(23)15-12-14(20-18(24)21(3)4)8-9-16(15)22-10-6-7-11-22/h8-9,12-13H,5-7,10-11H2,1-4H3,(H,19,23)(H,20,24)/t13-/m1/s1. The van der Waals surface area contributed by atoms with Crippen LogP contribution in [0.4, 0.5) is 16.2 Å². The van der Waals surface area contributed by atoms with E-state index in [0.717, 1.165) is 38.0 Å². The van der Waals surface area contributed by atoms with Crippen LogP contribution in [-0.4, -0.2) is 50.1 Å². The first kappa shape index (κ1) is 18.1. The van der Waals surface area contributed by atoms with Crippen LogP contribution in [0.15, 0.2) is 18.2 Å².